The number of aliphatic carboxylic acids is 1. The number of carboxylic acids is 1. The lowest BCUT2D eigenvalue weighted by atomic mass is 10.0. The Balaban J connectivity index is 0.000000360. The van der Waals surface area contributed by atoms with Crippen molar-refractivity contribution < 1.29 is 37.4 Å². The van der Waals surface area contributed by atoms with Crippen molar-refractivity contribution in [3.05, 3.63) is 0 Å². The van der Waals surface area contributed by atoms with Crippen molar-refractivity contribution in [3.63, 3.8) is 0 Å². The predicted molar refractivity (Wildman–Crippen MR) is 50.3 cm³/mol. The van der Waals surface area contributed by atoms with Crippen molar-refractivity contribution in [2.24, 2.45) is 5.73 Å². The molecule has 1 atom stereocenters. The topological polar surface area (TPSA) is 119 Å². The van der Waals surface area contributed by atoms with Gasteiger partial charge in [-0.15, -0.1) is 0 Å². The third-order valence-electron chi connectivity index (χ3n) is 1.91. The molecule has 10 heteroatoms. The summed E-state index contributed by atoms with van der Waals surface area (Å²) in [6.07, 6.45) is -5.07. The molecule has 1 saturated heterocycles. The van der Waals surface area contributed by atoms with Crippen molar-refractivity contribution in [2.75, 3.05) is 13.7 Å². The molecule has 0 aromatic rings. The van der Waals surface area contributed by atoms with Gasteiger partial charge in [-0.05, 0) is 0 Å². The van der Waals surface area contributed by atoms with E-state index < -0.39 is 23.7 Å². The van der Waals surface area contributed by atoms with Crippen LogP contribution in [0.5, 0.6) is 0 Å². The summed E-state index contributed by atoms with van der Waals surface area (Å²) in [7, 11) is 1.25. The van der Waals surface area contributed by atoms with E-state index in [4.69, 9.17) is 15.6 Å². The van der Waals surface area contributed by atoms with Crippen LogP contribution >= 0.6 is 0 Å². The van der Waals surface area contributed by atoms with Gasteiger partial charge >= 0.3 is 18.1 Å². The van der Waals surface area contributed by atoms with Gasteiger partial charge in [0, 0.05) is 6.54 Å². The summed E-state index contributed by atoms with van der Waals surface area (Å²) in [5, 5.41) is 9.59. The third-order valence-corrected chi connectivity index (χ3v) is 1.91. The lowest BCUT2D eigenvalue weighted by Gasteiger charge is -2.16. The molecule has 1 rings (SSSR count). The molecule has 1 heterocycles. The summed E-state index contributed by atoms with van der Waals surface area (Å²) < 4.78 is 36.2. The van der Waals surface area contributed by atoms with Gasteiger partial charge in [0.25, 0.3) is 0 Å². The molecule has 1 amide bonds. The van der Waals surface area contributed by atoms with Crippen molar-refractivity contribution in [2.45, 2.75) is 18.1 Å². The molecule has 0 aliphatic carbocycles. The van der Waals surface area contributed by atoms with E-state index in [0.717, 1.165) is 0 Å². The predicted octanol–water partition coefficient (Wildman–Crippen LogP) is -0.990. The first-order valence-corrected chi connectivity index (χ1v) is 4.47. The first kappa shape index (κ1) is 16.2. The van der Waals surface area contributed by atoms with Crippen LogP contribution in [0.25, 0.3) is 0 Å². The molecule has 1 aliphatic rings. The summed E-state index contributed by atoms with van der Waals surface area (Å²) >= 11 is 0. The molecular formula is C8H11F3N2O5. The molecule has 1 fully saturated rings. The number of halogens is 3. The van der Waals surface area contributed by atoms with Crippen LogP contribution in [0.1, 0.15) is 6.42 Å². The summed E-state index contributed by atoms with van der Waals surface area (Å²) in [5.41, 5.74) is 4.40. The fourth-order valence-corrected chi connectivity index (χ4v) is 1.02. The number of hydrogen-bond acceptors (Lipinski definition) is 5. The molecule has 18 heavy (non-hydrogen) atoms. The molecule has 1 unspecified atom stereocenters. The quantitative estimate of drug-likeness (QED) is 0.527. The Labute approximate surface area is 99.1 Å². The van der Waals surface area contributed by atoms with Gasteiger partial charge in [0.05, 0.1) is 13.5 Å². The second-order valence-electron chi connectivity index (χ2n) is 3.40. The van der Waals surface area contributed by atoms with Crippen molar-refractivity contribution in [3.8, 4) is 0 Å². The number of methoxy groups -OCH3 is 1. The standard InChI is InChI=1S/C6H10N2O3.C2HF3O2/c1-11-5(10)6(7)2-4(9)8-3-6;3-2(4,5)1(6)7/h2-3,7H2,1H3,(H,8,9);(H,6,7). The van der Waals surface area contributed by atoms with Crippen LogP contribution in [-0.4, -0.2) is 48.3 Å². The first-order chi connectivity index (χ1) is 8.03. The van der Waals surface area contributed by atoms with Gasteiger partial charge in [-0.3, -0.25) is 4.79 Å². The second-order valence-corrected chi connectivity index (χ2v) is 3.40. The average Bonchev–Trinajstić information content (AvgIpc) is 2.58. The maximum absolute atomic E-state index is 10.9. The van der Waals surface area contributed by atoms with Crippen LogP contribution in [0, 0.1) is 0 Å². The fraction of sp³-hybridized carbons (Fsp3) is 0.625. The van der Waals surface area contributed by atoms with E-state index in [1.165, 1.54) is 7.11 Å². The summed E-state index contributed by atoms with van der Waals surface area (Å²) in [5.74, 6) is -3.51. The Morgan fingerprint density at radius 2 is 1.94 bits per heavy atom. The molecule has 7 nitrogen and oxygen atoms in total. The lowest BCUT2D eigenvalue weighted by molar-refractivity contribution is -0.192. The zero-order chi connectivity index (χ0) is 14.6. The number of ether oxygens (including phenoxy) is 1. The molecule has 1 aliphatic heterocycles. The minimum atomic E-state index is -5.08. The number of rotatable bonds is 1. The molecule has 0 bridgehead atoms. The van der Waals surface area contributed by atoms with Crippen LogP contribution < -0.4 is 11.1 Å². The molecule has 0 aromatic carbocycles. The van der Waals surface area contributed by atoms with Crippen LogP contribution in [0.4, 0.5) is 13.2 Å². The smallest absolute Gasteiger partial charge is 0.475 e. The Kier molecular flexibility index (Phi) is 5.09. The van der Waals surface area contributed by atoms with Crippen LogP contribution in [0.2, 0.25) is 0 Å². The number of hydrogen-bond donors (Lipinski definition) is 3. The number of amides is 1. The van der Waals surface area contributed by atoms with E-state index in [9.17, 15) is 22.8 Å². The number of carboxylic acid groups (broad SMARTS) is 1. The van der Waals surface area contributed by atoms with Gasteiger partial charge in [0.1, 0.15) is 5.54 Å². The van der Waals surface area contributed by atoms with E-state index in [2.05, 4.69) is 10.1 Å². The van der Waals surface area contributed by atoms with Crippen molar-refractivity contribution >= 4 is 17.8 Å². The highest BCUT2D eigenvalue weighted by molar-refractivity contribution is 5.92. The number of esters is 1. The number of alkyl halides is 3. The Morgan fingerprint density at radius 1 is 1.50 bits per heavy atom. The molecule has 0 spiro atoms. The van der Waals surface area contributed by atoms with E-state index in [0.29, 0.717) is 0 Å². The van der Waals surface area contributed by atoms with Gasteiger partial charge in [-0.2, -0.15) is 13.2 Å². The Bertz CT molecular complexity index is 357. The maximum Gasteiger partial charge on any atom is 0.490 e. The highest BCUT2D eigenvalue weighted by atomic mass is 19.4. The monoisotopic (exact) mass is 272 g/mol. The SMILES string of the molecule is COC(=O)C1(N)CNC(=O)C1.O=C(O)C(F)(F)F. The molecular weight excluding hydrogens is 261 g/mol. The minimum Gasteiger partial charge on any atom is -0.475 e. The molecule has 104 valence electrons. The van der Waals surface area contributed by atoms with E-state index in [1.807, 2.05) is 0 Å². The zero-order valence-electron chi connectivity index (χ0n) is 9.21. The van der Waals surface area contributed by atoms with Crippen molar-refractivity contribution in [1.82, 2.24) is 5.32 Å². The van der Waals surface area contributed by atoms with Gasteiger partial charge in [-0.1, -0.05) is 0 Å². The average molecular weight is 272 g/mol. The van der Waals surface area contributed by atoms with Crippen LogP contribution in [0.3, 0.4) is 0 Å². The van der Waals surface area contributed by atoms with Crippen LogP contribution in [0.15, 0.2) is 0 Å². The number of nitrogens with two attached hydrogens (primary N) is 1. The molecule has 0 aromatic heterocycles. The highest BCUT2D eigenvalue weighted by Gasteiger charge is 2.42. The van der Waals surface area contributed by atoms with Crippen molar-refractivity contribution in [1.29, 1.82) is 0 Å². The lowest BCUT2D eigenvalue weighted by Crippen LogP contribution is -2.50. The summed E-state index contributed by atoms with van der Waals surface area (Å²) in [4.78, 5) is 30.5. The minimum absolute atomic E-state index is 0.0136. The normalized spacial score (nSPS) is 22.6. The third kappa shape index (κ3) is 4.57. The molecule has 4 N–H and O–H groups in total. The maximum atomic E-state index is 10.9. The van der Waals surface area contributed by atoms with E-state index in [1.54, 1.807) is 0 Å². The largest absolute Gasteiger partial charge is 0.490 e. The number of carbonyl (C=O) groups excluding carboxylic acids is 2. The first-order valence-electron chi connectivity index (χ1n) is 4.47. The summed E-state index contributed by atoms with van der Waals surface area (Å²) in [6.45, 7) is 0.165. The Morgan fingerprint density at radius 3 is 2.17 bits per heavy atom. The molecule has 0 saturated carbocycles. The van der Waals surface area contributed by atoms with E-state index >= 15 is 0 Å². The van der Waals surface area contributed by atoms with Gasteiger partial charge < -0.3 is 20.9 Å². The van der Waals surface area contributed by atoms with Gasteiger partial charge in [-0.25, -0.2) is 9.59 Å². The Hall–Kier alpha value is -1.84. The number of carbonyl (C=O) groups is 3. The highest BCUT2D eigenvalue weighted by Crippen LogP contribution is 2.13. The van der Waals surface area contributed by atoms with E-state index in [-0.39, 0.29) is 18.9 Å². The second kappa shape index (κ2) is 5.67. The number of nitrogens with one attached hydrogen (secondary N) is 1. The zero-order valence-corrected chi connectivity index (χ0v) is 9.21. The van der Waals surface area contributed by atoms with Crippen LogP contribution in [-0.2, 0) is 19.1 Å². The fourth-order valence-electron chi connectivity index (χ4n) is 1.02. The summed E-state index contributed by atoms with van der Waals surface area (Å²) in [6, 6.07) is 0. The van der Waals surface area contributed by atoms with Gasteiger partial charge in [0.15, 0.2) is 0 Å². The molecule has 0 radical (unpaired) electrons. The van der Waals surface area contributed by atoms with Gasteiger partial charge in [0.2, 0.25) is 5.91 Å².